The van der Waals surface area contributed by atoms with Gasteiger partial charge in [-0.3, -0.25) is 9.59 Å². The van der Waals surface area contributed by atoms with Crippen molar-refractivity contribution in [3.63, 3.8) is 0 Å². The van der Waals surface area contributed by atoms with Gasteiger partial charge in [0.05, 0.1) is 18.8 Å². The van der Waals surface area contributed by atoms with Crippen LogP contribution in [0.15, 0.2) is 0 Å². The first-order valence-corrected chi connectivity index (χ1v) is 19.9. The molecule has 0 aliphatic rings. The molecule has 0 radical (unpaired) electrons. The minimum Gasteiger partial charge on any atom is -0.466 e. The third kappa shape index (κ3) is 35.6. The van der Waals surface area contributed by atoms with E-state index in [2.05, 4.69) is 13.8 Å². The molecule has 0 aliphatic carbocycles. The monoisotopic (exact) mass is 639 g/mol. The maximum absolute atomic E-state index is 12.1. The van der Waals surface area contributed by atoms with Crippen LogP contribution < -0.4 is 0 Å². The van der Waals surface area contributed by atoms with Gasteiger partial charge in [-0.1, -0.05) is 181 Å². The molecule has 1 N–H and O–H groups in total. The molecule has 0 rings (SSSR count). The maximum Gasteiger partial charge on any atom is 0.305 e. The number of esters is 2. The van der Waals surface area contributed by atoms with E-state index in [9.17, 15) is 14.7 Å². The number of hydrogen-bond acceptors (Lipinski definition) is 5. The largest absolute Gasteiger partial charge is 0.466 e. The highest BCUT2D eigenvalue weighted by atomic mass is 16.5. The second-order valence-electron chi connectivity index (χ2n) is 14.1. The lowest BCUT2D eigenvalue weighted by Crippen LogP contribution is -2.29. The van der Waals surface area contributed by atoms with Crippen LogP contribution in [-0.2, 0) is 19.1 Å². The quantitative estimate of drug-likeness (QED) is 0.0546. The number of unbranched alkanes of at least 4 members (excludes halogenated alkanes) is 26. The van der Waals surface area contributed by atoms with Crippen molar-refractivity contribution in [3.8, 4) is 0 Å². The molecule has 0 aromatic carbocycles. The first-order chi connectivity index (χ1) is 21.9. The predicted octanol–water partition coefficient (Wildman–Crippen LogP) is 12.3. The maximum atomic E-state index is 12.1. The van der Waals surface area contributed by atoms with Crippen molar-refractivity contribution in [3.05, 3.63) is 0 Å². The van der Waals surface area contributed by atoms with Crippen molar-refractivity contribution < 1.29 is 24.2 Å². The van der Waals surface area contributed by atoms with Crippen LogP contribution in [0.1, 0.15) is 226 Å². The summed E-state index contributed by atoms with van der Waals surface area (Å²) in [5.41, 5.74) is -1.01. The standard InChI is InChI=1S/C40H78O5/c1-4-6-8-10-12-14-16-18-20-22-24-26-28-30-32-38(41)44-36-34-40(3,43)35-37-45-39(42)33-31-29-27-25-23-21-19-17-15-13-11-9-7-5-2/h43H,4-37H2,1-3H3. The average Bonchev–Trinajstić information content (AvgIpc) is 3.01. The highest BCUT2D eigenvalue weighted by Gasteiger charge is 2.21. The van der Waals surface area contributed by atoms with Crippen molar-refractivity contribution in [1.29, 1.82) is 0 Å². The molecule has 0 atom stereocenters. The highest BCUT2D eigenvalue weighted by molar-refractivity contribution is 5.69. The van der Waals surface area contributed by atoms with Crippen LogP contribution in [0.4, 0.5) is 0 Å². The van der Waals surface area contributed by atoms with E-state index < -0.39 is 5.60 Å². The summed E-state index contributed by atoms with van der Waals surface area (Å²) >= 11 is 0. The van der Waals surface area contributed by atoms with Crippen molar-refractivity contribution in [2.24, 2.45) is 0 Å². The molecule has 0 unspecified atom stereocenters. The fourth-order valence-corrected chi connectivity index (χ4v) is 5.97. The van der Waals surface area contributed by atoms with Crippen LogP contribution >= 0.6 is 0 Å². The van der Waals surface area contributed by atoms with Crippen LogP contribution in [-0.4, -0.2) is 35.9 Å². The fraction of sp³-hybridized carbons (Fsp3) is 0.950. The lowest BCUT2D eigenvalue weighted by Gasteiger charge is -2.22. The number of hydrogen-bond donors (Lipinski definition) is 1. The lowest BCUT2D eigenvalue weighted by atomic mass is 9.99. The number of carbonyl (C=O) groups excluding carboxylic acids is 2. The van der Waals surface area contributed by atoms with Gasteiger partial charge in [-0.25, -0.2) is 0 Å². The third-order valence-corrected chi connectivity index (χ3v) is 9.28. The number of ether oxygens (including phenoxy) is 2. The van der Waals surface area contributed by atoms with E-state index in [1.807, 2.05) is 0 Å². The summed E-state index contributed by atoms with van der Waals surface area (Å²) in [4.78, 5) is 24.1. The minimum atomic E-state index is -1.01. The van der Waals surface area contributed by atoms with Crippen molar-refractivity contribution in [2.45, 2.75) is 232 Å². The van der Waals surface area contributed by atoms with E-state index in [-0.39, 0.29) is 25.2 Å². The Balaban J connectivity index is 3.49. The Morgan fingerprint density at radius 2 is 0.644 bits per heavy atom. The molecule has 45 heavy (non-hydrogen) atoms. The Labute approximate surface area is 280 Å². The van der Waals surface area contributed by atoms with E-state index >= 15 is 0 Å². The Hall–Kier alpha value is -1.10. The number of rotatable bonds is 36. The predicted molar refractivity (Wildman–Crippen MR) is 192 cm³/mol. The van der Waals surface area contributed by atoms with Gasteiger partial charge in [0.15, 0.2) is 0 Å². The smallest absolute Gasteiger partial charge is 0.305 e. The van der Waals surface area contributed by atoms with E-state index in [1.165, 1.54) is 154 Å². The van der Waals surface area contributed by atoms with Gasteiger partial charge in [0.1, 0.15) is 0 Å². The Morgan fingerprint density at radius 1 is 0.422 bits per heavy atom. The Kier molecular flexibility index (Phi) is 33.4. The van der Waals surface area contributed by atoms with E-state index in [0.29, 0.717) is 25.7 Å². The fourth-order valence-electron chi connectivity index (χ4n) is 5.97. The summed E-state index contributed by atoms with van der Waals surface area (Å²) in [5.74, 6) is -0.353. The molecule has 0 fully saturated rings. The first kappa shape index (κ1) is 43.9. The van der Waals surface area contributed by atoms with Gasteiger partial charge < -0.3 is 14.6 Å². The molecular formula is C40H78O5. The van der Waals surface area contributed by atoms with Gasteiger partial charge in [0.2, 0.25) is 0 Å². The van der Waals surface area contributed by atoms with Crippen molar-refractivity contribution >= 4 is 11.9 Å². The van der Waals surface area contributed by atoms with Crippen molar-refractivity contribution in [1.82, 2.24) is 0 Å². The van der Waals surface area contributed by atoms with Crippen LogP contribution in [0.2, 0.25) is 0 Å². The molecule has 0 heterocycles. The zero-order chi connectivity index (χ0) is 33.1. The third-order valence-electron chi connectivity index (χ3n) is 9.28. The Bertz CT molecular complexity index is 580. The van der Waals surface area contributed by atoms with Gasteiger partial charge in [-0.15, -0.1) is 0 Å². The molecule has 0 bridgehead atoms. The first-order valence-electron chi connectivity index (χ1n) is 19.9. The molecule has 5 nitrogen and oxygen atoms in total. The van der Waals surface area contributed by atoms with Crippen molar-refractivity contribution in [2.75, 3.05) is 13.2 Å². The van der Waals surface area contributed by atoms with Gasteiger partial charge in [0, 0.05) is 25.7 Å². The lowest BCUT2D eigenvalue weighted by molar-refractivity contribution is -0.146. The summed E-state index contributed by atoms with van der Waals surface area (Å²) in [6.07, 6.45) is 37.9. The zero-order valence-electron chi connectivity index (χ0n) is 30.6. The molecule has 0 aromatic rings. The van der Waals surface area contributed by atoms with E-state index in [0.717, 1.165) is 25.7 Å². The normalized spacial score (nSPS) is 11.6. The molecular weight excluding hydrogens is 560 g/mol. The molecule has 0 aromatic heterocycles. The van der Waals surface area contributed by atoms with Gasteiger partial charge in [-0.05, 0) is 19.8 Å². The molecule has 0 spiro atoms. The van der Waals surface area contributed by atoms with Crippen LogP contribution in [0, 0.1) is 0 Å². The highest BCUT2D eigenvalue weighted by Crippen LogP contribution is 2.17. The molecule has 268 valence electrons. The van der Waals surface area contributed by atoms with Gasteiger partial charge in [0.25, 0.3) is 0 Å². The second-order valence-corrected chi connectivity index (χ2v) is 14.1. The summed E-state index contributed by atoms with van der Waals surface area (Å²) < 4.78 is 10.7. The summed E-state index contributed by atoms with van der Waals surface area (Å²) in [6, 6.07) is 0. The molecule has 0 saturated heterocycles. The molecule has 0 aliphatic heterocycles. The summed E-state index contributed by atoms with van der Waals surface area (Å²) in [6.45, 7) is 6.67. The van der Waals surface area contributed by atoms with Crippen LogP contribution in [0.5, 0.6) is 0 Å². The summed E-state index contributed by atoms with van der Waals surface area (Å²) in [7, 11) is 0. The van der Waals surface area contributed by atoms with Gasteiger partial charge >= 0.3 is 11.9 Å². The molecule has 0 amide bonds. The topological polar surface area (TPSA) is 72.8 Å². The van der Waals surface area contributed by atoms with Gasteiger partial charge in [-0.2, -0.15) is 0 Å². The number of aliphatic hydroxyl groups is 1. The summed E-state index contributed by atoms with van der Waals surface area (Å²) in [5, 5.41) is 10.6. The van der Waals surface area contributed by atoms with Crippen LogP contribution in [0.3, 0.4) is 0 Å². The number of carbonyl (C=O) groups is 2. The molecule has 5 heteroatoms. The average molecular weight is 639 g/mol. The van der Waals surface area contributed by atoms with E-state index in [4.69, 9.17) is 9.47 Å². The molecule has 0 saturated carbocycles. The van der Waals surface area contributed by atoms with Crippen LogP contribution in [0.25, 0.3) is 0 Å². The minimum absolute atomic E-state index is 0.177. The van der Waals surface area contributed by atoms with E-state index in [1.54, 1.807) is 6.92 Å². The second kappa shape index (κ2) is 34.2. The Morgan fingerprint density at radius 3 is 0.889 bits per heavy atom. The SMILES string of the molecule is CCCCCCCCCCCCCCCCC(=O)OCCC(C)(O)CCOC(=O)CCCCCCCCCCCCCCCC. The zero-order valence-corrected chi connectivity index (χ0v) is 30.6.